The van der Waals surface area contributed by atoms with Crippen LogP contribution in [-0.2, 0) is 9.59 Å². The Morgan fingerprint density at radius 1 is 1.33 bits per heavy atom. The van der Waals surface area contributed by atoms with Crippen LogP contribution in [0, 0.1) is 0 Å². The second-order valence-electron chi connectivity index (χ2n) is 3.75. The van der Waals surface area contributed by atoms with E-state index in [4.69, 9.17) is 5.11 Å². The fourth-order valence-electron chi connectivity index (χ4n) is 1.73. The van der Waals surface area contributed by atoms with Crippen LogP contribution in [0.5, 0.6) is 0 Å². The number of para-hydroxylation sites is 1. The van der Waals surface area contributed by atoms with Crippen LogP contribution < -0.4 is 4.90 Å². The molecule has 0 saturated heterocycles. The molecule has 0 unspecified atom stereocenters. The number of carboxylic acids is 1. The summed E-state index contributed by atoms with van der Waals surface area (Å²) in [7, 11) is 0. The summed E-state index contributed by atoms with van der Waals surface area (Å²) in [4.78, 5) is 25.3. The summed E-state index contributed by atoms with van der Waals surface area (Å²) < 4.78 is 0. The van der Waals surface area contributed by atoms with Gasteiger partial charge >= 0.3 is 5.97 Å². The van der Waals surface area contributed by atoms with Crippen LogP contribution >= 0.6 is 23.5 Å². The maximum absolute atomic E-state index is 12.0. The number of thioether (sulfide) groups is 2. The number of hydrogen-bond donors (Lipinski definition) is 1. The average Bonchev–Trinajstić information content (AvgIpc) is 2.37. The van der Waals surface area contributed by atoms with E-state index in [0.717, 1.165) is 28.1 Å². The van der Waals surface area contributed by atoms with E-state index in [1.54, 1.807) is 16.7 Å². The quantitative estimate of drug-likeness (QED) is 0.915. The fraction of sp³-hybridized carbons (Fsp3) is 0.333. The number of amides is 1. The Morgan fingerprint density at radius 3 is 2.89 bits per heavy atom. The van der Waals surface area contributed by atoms with Crippen LogP contribution in [0.3, 0.4) is 0 Å². The monoisotopic (exact) mass is 283 g/mol. The van der Waals surface area contributed by atoms with Crippen LogP contribution in [0.15, 0.2) is 29.2 Å². The number of carbonyl (C=O) groups excluding carboxylic acids is 1. The number of fused-ring (bicyclic) bond motifs is 1. The third-order valence-corrected chi connectivity index (χ3v) is 4.43. The van der Waals surface area contributed by atoms with Crippen molar-refractivity contribution in [2.24, 2.45) is 0 Å². The first kappa shape index (κ1) is 13.3. The summed E-state index contributed by atoms with van der Waals surface area (Å²) in [6.07, 6.45) is 0. The summed E-state index contributed by atoms with van der Waals surface area (Å²) >= 11 is 2.88. The van der Waals surface area contributed by atoms with Crippen molar-refractivity contribution in [3.63, 3.8) is 0 Å². The third-order valence-electron chi connectivity index (χ3n) is 2.48. The largest absolute Gasteiger partial charge is 0.481 e. The molecule has 1 aliphatic rings. The summed E-state index contributed by atoms with van der Waals surface area (Å²) in [5, 5.41) is 8.55. The van der Waals surface area contributed by atoms with Crippen LogP contribution in [0.1, 0.15) is 0 Å². The lowest BCUT2D eigenvalue weighted by atomic mass is 10.3. The normalized spacial score (nSPS) is 14.1. The van der Waals surface area contributed by atoms with Gasteiger partial charge in [-0.15, -0.1) is 23.5 Å². The highest BCUT2D eigenvalue weighted by Crippen LogP contribution is 2.34. The molecular formula is C12H13NO3S2. The summed E-state index contributed by atoms with van der Waals surface area (Å²) in [6, 6.07) is 7.81. The fourth-order valence-corrected chi connectivity index (χ4v) is 3.33. The highest BCUT2D eigenvalue weighted by molar-refractivity contribution is 8.00. The van der Waals surface area contributed by atoms with Gasteiger partial charge in [0.2, 0.25) is 5.91 Å². The SMILES string of the molecule is O=C(O)CSCC(=O)N1CCSc2ccccc21. The van der Waals surface area contributed by atoms with Crippen LogP contribution in [0.2, 0.25) is 0 Å². The van der Waals surface area contributed by atoms with Crippen molar-refractivity contribution in [3.05, 3.63) is 24.3 Å². The van der Waals surface area contributed by atoms with Crippen molar-refractivity contribution in [1.29, 1.82) is 0 Å². The zero-order valence-corrected chi connectivity index (χ0v) is 11.3. The second kappa shape index (κ2) is 6.15. The molecule has 0 radical (unpaired) electrons. The number of rotatable bonds is 4. The molecule has 96 valence electrons. The van der Waals surface area contributed by atoms with Crippen LogP contribution in [0.25, 0.3) is 0 Å². The van der Waals surface area contributed by atoms with Crippen molar-refractivity contribution in [2.75, 3.05) is 28.7 Å². The number of carboxylic acid groups (broad SMARTS) is 1. The number of aliphatic carboxylic acids is 1. The lowest BCUT2D eigenvalue weighted by Crippen LogP contribution is -2.36. The molecular weight excluding hydrogens is 270 g/mol. The van der Waals surface area contributed by atoms with E-state index in [1.165, 1.54) is 0 Å². The molecule has 2 rings (SSSR count). The van der Waals surface area contributed by atoms with E-state index in [0.29, 0.717) is 6.54 Å². The maximum atomic E-state index is 12.0. The smallest absolute Gasteiger partial charge is 0.313 e. The molecule has 1 heterocycles. The highest BCUT2D eigenvalue weighted by Gasteiger charge is 2.22. The minimum atomic E-state index is -0.887. The van der Waals surface area contributed by atoms with Gasteiger partial charge in [0.1, 0.15) is 0 Å². The van der Waals surface area contributed by atoms with E-state index in [-0.39, 0.29) is 17.4 Å². The third kappa shape index (κ3) is 3.20. The van der Waals surface area contributed by atoms with Crippen molar-refractivity contribution in [2.45, 2.75) is 4.90 Å². The van der Waals surface area contributed by atoms with Gasteiger partial charge in [-0.2, -0.15) is 0 Å². The van der Waals surface area contributed by atoms with Gasteiger partial charge in [-0.25, -0.2) is 0 Å². The first-order chi connectivity index (χ1) is 8.68. The minimum absolute atomic E-state index is 0.0194. The van der Waals surface area contributed by atoms with Crippen molar-refractivity contribution >= 4 is 41.1 Å². The van der Waals surface area contributed by atoms with Gasteiger partial charge in [0, 0.05) is 17.2 Å². The van der Waals surface area contributed by atoms with E-state index in [2.05, 4.69) is 0 Å². The number of anilines is 1. The number of hydrogen-bond acceptors (Lipinski definition) is 4. The molecule has 0 saturated carbocycles. The molecule has 4 nitrogen and oxygen atoms in total. The van der Waals surface area contributed by atoms with Gasteiger partial charge < -0.3 is 10.0 Å². The van der Waals surface area contributed by atoms with Crippen LogP contribution in [-0.4, -0.2) is 40.8 Å². The van der Waals surface area contributed by atoms with E-state index < -0.39 is 5.97 Å². The zero-order valence-electron chi connectivity index (χ0n) is 9.67. The molecule has 1 amide bonds. The van der Waals surface area contributed by atoms with Crippen molar-refractivity contribution in [1.82, 2.24) is 0 Å². The topological polar surface area (TPSA) is 57.6 Å². The molecule has 0 atom stereocenters. The highest BCUT2D eigenvalue weighted by atomic mass is 32.2. The van der Waals surface area contributed by atoms with Gasteiger partial charge in [0.25, 0.3) is 0 Å². The molecule has 0 bridgehead atoms. The predicted octanol–water partition coefficient (Wildman–Crippen LogP) is 1.94. The average molecular weight is 283 g/mol. The molecule has 0 spiro atoms. The first-order valence-corrected chi connectivity index (χ1v) is 7.64. The molecule has 1 aromatic rings. The standard InChI is InChI=1S/C12H13NO3S2/c14-11(7-17-8-12(15)16)13-5-6-18-10-4-2-1-3-9(10)13/h1-4H,5-8H2,(H,15,16). The molecule has 1 aliphatic heterocycles. The van der Waals surface area contributed by atoms with Gasteiger partial charge in [0.05, 0.1) is 17.2 Å². The van der Waals surface area contributed by atoms with Crippen molar-refractivity contribution < 1.29 is 14.7 Å². The van der Waals surface area contributed by atoms with E-state index in [1.807, 2.05) is 24.3 Å². The second-order valence-corrected chi connectivity index (χ2v) is 5.87. The Labute approximate surface area is 114 Å². The van der Waals surface area contributed by atoms with Gasteiger partial charge in [0.15, 0.2) is 0 Å². The molecule has 6 heteroatoms. The van der Waals surface area contributed by atoms with Crippen LogP contribution in [0.4, 0.5) is 5.69 Å². The summed E-state index contributed by atoms with van der Waals surface area (Å²) in [6.45, 7) is 0.689. The lowest BCUT2D eigenvalue weighted by molar-refractivity contribution is -0.133. The Hall–Kier alpha value is -1.14. The number of carbonyl (C=O) groups is 2. The molecule has 1 N–H and O–H groups in total. The molecule has 0 aromatic heterocycles. The van der Waals surface area contributed by atoms with E-state index >= 15 is 0 Å². The van der Waals surface area contributed by atoms with E-state index in [9.17, 15) is 9.59 Å². The molecule has 0 fully saturated rings. The first-order valence-electron chi connectivity index (χ1n) is 5.50. The summed E-state index contributed by atoms with van der Waals surface area (Å²) in [5.74, 6) is 0.157. The zero-order chi connectivity index (χ0) is 13.0. The Balaban J connectivity index is 2.01. The minimum Gasteiger partial charge on any atom is -0.481 e. The summed E-state index contributed by atoms with van der Waals surface area (Å²) in [5.41, 5.74) is 0.940. The number of benzene rings is 1. The number of nitrogens with zero attached hydrogens (tertiary/aromatic N) is 1. The maximum Gasteiger partial charge on any atom is 0.313 e. The van der Waals surface area contributed by atoms with Gasteiger partial charge in [-0.05, 0) is 12.1 Å². The van der Waals surface area contributed by atoms with Gasteiger partial charge in [-0.1, -0.05) is 12.1 Å². The molecule has 1 aromatic carbocycles. The Bertz CT molecular complexity index is 464. The Kier molecular flexibility index (Phi) is 4.54. The molecule has 18 heavy (non-hydrogen) atoms. The predicted molar refractivity (Wildman–Crippen MR) is 74.5 cm³/mol. The molecule has 0 aliphatic carbocycles. The lowest BCUT2D eigenvalue weighted by Gasteiger charge is -2.28. The Morgan fingerprint density at radius 2 is 2.11 bits per heavy atom. The van der Waals surface area contributed by atoms with Gasteiger partial charge in [-0.3, -0.25) is 9.59 Å². The van der Waals surface area contributed by atoms with Crippen molar-refractivity contribution in [3.8, 4) is 0 Å².